The minimum absolute atomic E-state index is 0.180. The van der Waals surface area contributed by atoms with Crippen molar-refractivity contribution in [1.82, 2.24) is 9.21 Å². The molecule has 2 aliphatic rings. The average Bonchev–Trinajstić information content (AvgIpc) is 3.04. The molecule has 0 bridgehead atoms. The quantitative estimate of drug-likeness (QED) is 0.845. The third-order valence-corrected chi connectivity index (χ3v) is 6.63. The van der Waals surface area contributed by atoms with E-state index in [1.807, 2.05) is 0 Å². The number of carbonyl (C=O) groups is 1. The molecular weight excluding hydrogens is 359 g/mol. The number of halogens is 1. The topological polar surface area (TPSA) is 77.9 Å². The van der Waals surface area contributed by atoms with Crippen molar-refractivity contribution < 1.29 is 22.7 Å². The van der Waals surface area contributed by atoms with Crippen LogP contribution in [0.15, 0.2) is 24.3 Å². The van der Waals surface area contributed by atoms with Gasteiger partial charge in [-0.1, -0.05) is 12.1 Å². The van der Waals surface area contributed by atoms with Gasteiger partial charge in [-0.05, 0) is 43.4 Å². The van der Waals surface area contributed by atoms with Gasteiger partial charge in [0.2, 0.25) is 15.9 Å². The van der Waals surface area contributed by atoms with Crippen LogP contribution in [0.2, 0.25) is 0 Å². The molecule has 1 aromatic carbocycles. The Morgan fingerprint density at radius 1 is 1.31 bits per heavy atom. The second-order valence-corrected chi connectivity index (χ2v) is 9.32. The second kappa shape index (κ2) is 7.25. The fraction of sp³-hybridized carbons (Fsp3) is 0.611. The van der Waals surface area contributed by atoms with Gasteiger partial charge >= 0.3 is 0 Å². The van der Waals surface area contributed by atoms with Gasteiger partial charge in [0.05, 0.1) is 11.9 Å². The minimum Gasteiger partial charge on any atom is -0.389 e. The standard InChI is InChI=1S/C18H25FN2O4S/c1-26(24,25)21-9-3-6-16(21)17(22)20-10-7-18(23,8-11-20)13-14-4-2-5-15(19)12-14/h2,4-5,12,16,23H,3,6-11,13H2,1H3. The van der Waals surface area contributed by atoms with Gasteiger partial charge in [0.1, 0.15) is 11.9 Å². The number of hydrogen-bond donors (Lipinski definition) is 1. The van der Waals surface area contributed by atoms with Crippen molar-refractivity contribution in [2.45, 2.75) is 43.7 Å². The van der Waals surface area contributed by atoms with Crippen LogP contribution in [0.5, 0.6) is 0 Å². The summed E-state index contributed by atoms with van der Waals surface area (Å²) in [5.74, 6) is -0.512. The van der Waals surface area contributed by atoms with E-state index in [-0.39, 0.29) is 11.7 Å². The predicted octanol–water partition coefficient (Wildman–Crippen LogP) is 1.15. The summed E-state index contributed by atoms with van der Waals surface area (Å²) in [5.41, 5.74) is -0.247. The van der Waals surface area contributed by atoms with Gasteiger partial charge in [-0.15, -0.1) is 0 Å². The van der Waals surface area contributed by atoms with Crippen molar-refractivity contribution in [2.75, 3.05) is 25.9 Å². The normalized spacial score (nSPS) is 24.0. The van der Waals surface area contributed by atoms with E-state index < -0.39 is 21.7 Å². The molecule has 0 aromatic heterocycles. The van der Waals surface area contributed by atoms with E-state index in [9.17, 15) is 22.7 Å². The number of likely N-dealkylation sites (tertiary alicyclic amines) is 1. The van der Waals surface area contributed by atoms with Gasteiger partial charge in [-0.3, -0.25) is 4.79 Å². The van der Waals surface area contributed by atoms with Gasteiger partial charge in [-0.2, -0.15) is 4.31 Å². The lowest BCUT2D eigenvalue weighted by atomic mass is 9.85. The SMILES string of the molecule is CS(=O)(=O)N1CCCC1C(=O)N1CCC(O)(Cc2cccc(F)c2)CC1. The first-order valence-corrected chi connectivity index (χ1v) is 10.8. The summed E-state index contributed by atoms with van der Waals surface area (Å²) in [7, 11) is -3.40. The van der Waals surface area contributed by atoms with Gasteiger partial charge in [-0.25, -0.2) is 12.8 Å². The zero-order valence-electron chi connectivity index (χ0n) is 14.9. The van der Waals surface area contributed by atoms with E-state index in [0.29, 0.717) is 51.7 Å². The van der Waals surface area contributed by atoms with Crippen LogP contribution in [-0.4, -0.2) is 66.2 Å². The molecule has 0 saturated carbocycles. The summed E-state index contributed by atoms with van der Waals surface area (Å²) in [6, 6.07) is 5.55. The average molecular weight is 384 g/mol. The van der Waals surface area contributed by atoms with Crippen molar-refractivity contribution in [3.63, 3.8) is 0 Å². The van der Waals surface area contributed by atoms with Gasteiger partial charge in [0.25, 0.3) is 0 Å². The summed E-state index contributed by atoms with van der Waals surface area (Å²) in [4.78, 5) is 14.4. The molecule has 0 radical (unpaired) electrons. The summed E-state index contributed by atoms with van der Waals surface area (Å²) < 4.78 is 38.3. The molecule has 3 rings (SSSR count). The molecule has 144 valence electrons. The van der Waals surface area contributed by atoms with Crippen LogP contribution in [0.4, 0.5) is 4.39 Å². The number of sulfonamides is 1. The van der Waals surface area contributed by atoms with E-state index in [4.69, 9.17) is 0 Å². The Kier molecular flexibility index (Phi) is 5.37. The van der Waals surface area contributed by atoms with Crippen molar-refractivity contribution in [2.24, 2.45) is 0 Å². The number of piperidine rings is 1. The maximum Gasteiger partial charge on any atom is 0.241 e. The minimum atomic E-state index is -3.40. The summed E-state index contributed by atoms with van der Waals surface area (Å²) in [6.07, 6.45) is 3.47. The lowest BCUT2D eigenvalue weighted by Crippen LogP contribution is -2.53. The van der Waals surface area contributed by atoms with Crippen LogP contribution in [0, 0.1) is 5.82 Å². The summed E-state index contributed by atoms with van der Waals surface area (Å²) in [5, 5.41) is 10.8. The largest absolute Gasteiger partial charge is 0.389 e. The first kappa shape index (κ1) is 19.3. The summed E-state index contributed by atoms with van der Waals surface area (Å²) >= 11 is 0. The highest BCUT2D eigenvalue weighted by Gasteiger charge is 2.41. The van der Waals surface area contributed by atoms with E-state index >= 15 is 0 Å². The summed E-state index contributed by atoms with van der Waals surface area (Å²) in [6.45, 7) is 1.13. The molecule has 26 heavy (non-hydrogen) atoms. The zero-order chi connectivity index (χ0) is 18.9. The van der Waals surface area contributed by atoms with Crippen LogP contribution in [0.3, 0.4) is 0 Å². The van der Waals surface area contributed by atoms with Gasteiger partial charge in [0, 0.05) is 26.1 Å². The van der Waals surface area contributed by atoms with E-state index in [1.165, 1.54) is 16.4 Å². The lowest BCUT2D eigenvalue weighted by Gasteiger charge is -2.40. The molecule has 2 aliphatic heterocycles. The molecule has 6 nitrogen and oxygen atoms in total. The Bertz CT molecular complexity index is 775. The van der Waals surface area contributed by atoms with Crippen LogP contribution in [-0.2, 0) is 21.2 Å². The molecule has 2 saturated heterocycles. The van der Waals surface area contributed by atoms with Gasteiger partial charge in [0.15, 0.2) is 0 Å². The third-order valence-electron chi connectivity index (χ3n) is 5.34. The molecule has 8 heteroatoms. The predicted molar refractivity (Wildman–Crippen MR) is 95.4 cm³/mol. The molecule has 1 aromatic rings. The molecule has 2 fully saturated rings. The number of hydrogen-bond acceptors (Lipinski definition) is 4. The van der Waals surface area contributed by atoms with E-state index in [2.05, 4.69) is 0 Å². The van der Waals surface area contributed by atoms with Crippen molar-refractivity contribution in [3.8, 4) is 0 Å². The van der Waals surface area contributed by atoms with Crippen LogP contribution < -0.4 is 0 Å². The second-order valence-electron chi connectivity index (χ2n) is 7.39. The fourth-order valence-electron chi connectivity index (χ4n) is 3.94. The van der Waals surface area contributed by atoms with Crippen LogP contribution in [0.1, 0.15) is 31.2 Å². The Morgan fingerprint density at radius 2 is 2.00 bits per heavy atom. The highest BCUT2D eigenvalue weighted by atomic mass is 32.2. The molecule has 1 unspecified atom stereocenters. The Balaban J connectivity index is 1.62. The number of nitrogens with zero attached hydrogens (tertiary/aromatic N) is 2. The zero-order valence-corrected chi connectivity index (χ0v) is 15.7. The number of benzene rings is 1. The maximum absolute atomic E-state index is 13.3. The number of aliphatic hydroxyl groups is 1. The molecule has 0 spiro atoms. The molecule has 1 amide bonds. The number of amides is 1. The Hall–Kier alpha value is -1.51. The highest BCUT2D eigenvalue weighted by Crippen LogP contribution is 2.29. The first-order chi connectivity index (χ1) is 12.2. The van der Waals surface area contributed by atoms with Crippen LogP contribution in [0.25, 0.3) is 0 Å². The third kappa shape index (κ3) is 4.24. The first-order valence-electron chi connectivity index (χ1n) is 8.90. The molecule has 2 heterocycles. The molecular formula is C18H25FN2O4S. The monoisotopic (exact) mass is 384 g/mol. The van der Waals surface area contributed by atoms with Crippen molar-refractivity contribution >= 4 is 15.9 Å². The number of rotatable bonds is 4. The molecule has 0 aliphatic carbocycles. The highest BCUT2D eigenvalue weighted by molar-refractivity contribution is 7.88. The fourth-order valence-corrected chi connectivity index (χ4v) is 5.06. The van der Waals surface area contributed by atoms with E-state index in [0.717, 1.165) is 11.8 Å². The van der Waals surface area contributed by atoms with Crippen LogP contribution >= 0.6 is 0 Å². The lowest BCUT2D eigenvalue weighted by molar-refractivity contribution is -0.138. The Morgan fingerprint density at radius 3 is 2.62 bits per heavy atom. The van der Waals surface area contributed by atoms with E-state index in [1.54, 1.807) is 17.0 Å². The molecule has 1 N–H and O–H groups in total. The Labute approximate surface area is 153 Å². The van der Waals surface area contributed by atoms with Crippen molar-refractivity contribution in [1.29, 1.82) is 0 Å². The maximum atomic E-state index is 13.3. The number of carbonyl (C=O) groups excluding carboxylic acids is 1. The molecule has 1 atom stereocenters. The smallest absolute Gasteiger partial charge is 0.241 e. The van der Waals surface area contributed by atoms with Crippen molar-refractivity contribution in [3.05, 3.63) is 35.6 Å². The van der Waals surface area contributed by atoms with Gasteiger partial charge < -0.3 is 10.0 Å².